The summed E-state index contributed by atoms with van der Waals surface area (Å²) in [6.07, 6.45) is 0. The lowest BCUT2D eigenvalue weighted by Gasteiger charge is -2.16. The van der Waals surface area contributed by atoms with Gasteiger partial charge in [-0.1, -0.05) is 18.2 Å². The van der Waals surface area contributed by atoms with Gasteiger partial charge in [-0.3, -0.25) is 4.79 Å². The van der Waals surface area contributed by atoms with Crippen molar-refractivity contribution in [3.63, 3.8) is 0 Å². The van der Waals surface area contributed by atoms with E-state index < -0.39 is 11.6 Å². The summed E-state index contributed by atoms with van der Waals surface area (Å²) in [4.78, 5) is 13.9. The van der Waals surface area contributed by atoms with Gasteiger partial charge in [0, 0.05) is 24.7 Å². The zero-order chi connectivity index (χ0) is 15.0. The highest BCUT2D eigenvalue weighted by Gasteiger charge is 2.30. The smallest absolute Gasteiger partial charge is 0.258 e. The van der Waals surface area contributed by atoms with Gasteiger partial charge < -0.3 is 9.64 Å². The van der Waals surface area contributed by atoms with E-state index in [2.05, 4.69) is 0 Å². The lowest BCUT2D eigenvalue weighted by molar-refractivity contribution is 0.0763. The Labute approximate surface area is 120 Å². The minimum atomic E-state index is -0.647. The summed E-state index contributed by atoms with van der Waals surface area (Å²) in [6, 6.07) is 8.75. The largest absolute Gasteiger partial charge is 0.496 e. The number of hydrogen-bond acceptors (Lipinski definition) is 2. The molecule has 0 saturated carbocycles. The number of halogens is 2. The van der Waals surface area contributed by atoms with Crippen molar-refractivity contribution in [1.29, 1.82) is 0 Å². The van der Waals surface area contributed by atoms with Gasteiger partial charge in [-0.15, -0.1) is 0 Å². The molecule has 2 aromatic rings. The molecule has 0 atom stereocenters. The van der Waals surface area contributed by atoms with Crippen LogP contribution >= 0.6 is 0 Å². The van der Waals surface area contributed by atoms with E-state index in [0.717, 1.165) is 11.6 Å². The second-order valence-electron chi connectivity index (χ2n) is 4.89. The van der Waals surface area contributed by atoms with Crippen LogP contribution in [-0.4, -0.2) is 17.9 Å². The Morgan fingerprint density at radius 2 is 2.05 bits per heavy atom. The van der Waals surface area contributed by atoms with Gasteiger partial charge in [-0.05, 0) is 17.7 Å². The van der Waals surface area contributed by atoms with Gasteiger partial charge in [0.15, 0.2) is 0 Å². The molecule has 0 N–H and O–H groups in total. The van der Waals surface area contributed by atoms with Crippen LogP contribution in [-0.2, 0) is 13.1 Å². The van der Waals surface area contributed by atoms with E-state index in [-0.39, 0.29) is 18.0 Å². The first kappa shape index (κ1) is 13.5. The van der Waals surface area contributed by atoms with Crippen molar-refractivity contribution in [3.05, 3.63) is 64.7 Å². The molecule has 0 aromatic heterocycles. The second-order valence-corrected chi connectivity index (χ2v) is 4.89. The molecule has 5 heteroatoms. The fourth-order valence-electron chi connectivity index (χ4n) is 2.54. The van der Waals surface area contributed by atoms with Gasteiger partial charge in [-0.25, -0.2) is 8.78 Å². The summed E-state index contributed by atoms with van der Waals surface area (Å²) in [5, 5.41) is 0. The Morgan fingerprint density at radius 1 is 1.24 bits per heavy atom. The number of fused-ring (bicyclic) bond motifs is 1. The summed E-state index contributed by atoms with van der Waals surface area (Å²) < 4.78 is 31.8. The standard InChI is InChI=1S/C16H13F2NO2/c1-21-14-4-2-3-11-9-19(16(20)15(11)14)8-10-5-6-12(17)7-13(10)18/h2-7H,8-9H2,1H3. The molecule has 0 unspecified atom stereocenters. The predicted octanol–water partition coefficient (Wildman–Crippen LogP) is 3.13. The van der Waals surface area contributed by atoms with Gasteiger partial charge in [0.1, 0.15) is 17.4 Å². The minimum Gasteiger partial charge on any atom is -0.496 e. The molecule has 1 heterocycles. The lowest BCUT2D eigenvalue weighted by atomic mass is 10.1. The summed E-state index contributed by atoms with van der Waals surface area (Å²) >= 11 is 0. The third-order valence-corrected chi connectivity index (χ3v) is 3.57. The van der Waals surface area contributed by atoms with Crippen molar-refractivity contribution in [2.75, 3.05) is 7.11 Å². The molecule has 3 nitrogen and oxygen atoms in total. The summed E-state index contributed by atoms with van der Waals surface area (Å²) in [5.41, 5.74) is 1.65. The van der Waals surface area contributed by atoms with Crippen molar-refractivity contribution in [3.8, 4) is 5.75 Å². The zero-order valence-corrected chi connectivity index (χ0v) is 11.4. The number of carbonyl (C=O) groups excluding carboxylic acids is 1. The maximum atomic E-state index is 13.7. The van der Waals surface area contributed by atoms with Crippen LogP contribution in [0.15, 0.2) is 36.4 Å². The highest BCUT2D eigenvalue weighted by molar-refractivity contribution is 6.00. The number of carbonyl (C=O) groups is 1. The van der Waals surface area contributed by atoms with E-state index in [4.69, 9.17) is 4.74 Å². The Hall–Kier alpha value is -2.43. The lowest BCUT2D eigenvalue weighted by Crippen LogP contribution is -2.24. The fourth-order valence-corrected chi connectivity index (χ4v) is 2.54. The van der Waals surface area contributed by atoms with Crippen LogP contribution in [0.25, 0.3) is 0 Å². The van der Waals surface area contributed by atoms with Gasteiger partial charge in [0.05, 0.1) is 12.7 Å². The summed E-state index contributed by atoms with van der Waals surface area (Å²) in [5.74, 6) is -0.967. The third kappa shape index (κ3) is 2.35. The quantitative estimate of drug-likeness (QED) is 0.869. The Kier molecular flexibility index (Phi) is 3.33. The average molecular weight is 289 g/mol. The molecule has 0 saturated heterocycles. The Balaban J connectivity index is 1.88. The molecular weight excluding hydrogens is 276 g/mol. The molecule has 1 aliphatic rings. The van der Waals surface area contributed by atoms with Crippen molar-refractivity contribution >= 4 is 5.91 Å². The van der Waals surface area contributed by atoms with E-state index in [1.165, 1.54) is 24.1 Å². The number of ether oxygens (including phenoxy) is 1. The van der Waals surface area contributed by atoms with Crippen LogP contribution in [0.5, 0.6) is 5.75 Å². The monoisotopic (exact) mass is 289 g/mol. The van der Waals surface area contributed by atoms with Crippen molar-refractivity contribution in [2.45, 2.75) is 13.1 Å². The molecule has 0 radical (unpaired) electrons. The molecule has 0 fully saturated rings. The van der Waals surface area contributed by atoms with Gasteiger partial charge in [-0.2, -0.15) is 0 Å². The number of methoxy groups -OCH3 is 1. The molecule has 21 heavy (non-hydrogen) atoms. The maximum absolute atomic E-state index is 13.7. The molecule has 108 valence electrons. The molecule has 3 rings (SSSR count). The Morgan fingerprint density at radius 3 is 2.76 bits per heavy atom. The first-order valence-electron chi connectivity index (χ1n) is 6.49. The fraction of sp³-hybridized carbons (Fsp3) is 0.188. The van der Waals surface area contributed by atoms with Crippen LogP contribution in [0.4, 0.5) is 8.78 Å². The van der Waals surface area contributed by atoms with E-state index in [9.17, 15) is 13.6 Å². The SMILES string of the molecule is COc1cccc2c1C(=O)N(Cc1ccc(F)cc1F)C2. The van der Waals surface area contributed by atoms with Crippen LogP contribution in [0.2, 0.25) is 0 Å². The number of hydrogen-bond donors (Lipinski definition) is 0. The van der Waals surface area contributed by atoms with Crippen LogP contribution in [0.1, 0.15) is 21.5 Å². The molecule has 2 aromatic carbocycles. The van der Waals surface area contributed by atoms with Gasteiger partial charge >= 0.3 is 0 Å². The molecule has 0 spiro atoms. The molecular formula is C16H13F2NO2. The highest BCUT2D eigenvalue weighted by Crippen LogP contribution is 2.31. The van der Waals surface area contributed by atoms with Crippen LogP contribution < -0.4 is 4.74 Å². The highest BCUT2D eigenvalue weighted by atomic mass is 19.1. The van der Waals surface area contributed by atoms with E-state index >= 15 is 0 Å². The van der Waals surface area contributed by atoms with Crippen molar-refractivity contribution in [2.24, 2.45) is 0 Å². The first-order chi connectivity index (χ1) is 10.1. The van der Waals surface area contributed by atoms with E-state index in [1.807, 2.05) is 12.1 Å². The number of nitrogens with zero attached hydrogens (tertiary/aromatic N) is 1. The third-order valence-electron chi connectivity index (χ3n) is 3.57. The Bertz CT molecular complexity index is 715. The predicted molar refractivity (Wildman–Crippen MR) is 72.9 cm³/mol. The molecule has 0 bridgehead atoms. The minimum absolute atomic E-state index is 0.1000. The van der Waals surface area contributed by atoms with E-state index in [0.29, 0.717) is 17.9 Å². The summed E-state index contributed by atoms with van der Waals surface area (Å²) in [7, 11) is 1.51. The topological polar surface area (TPSA) is 29.5 Å². The number of amides is 1. The van der Waals surface area contributed by atoms with Crippen molar-refractivity contribution < 1.29 is 18.3 Å². The number of rotatable bonds is 3. The van der Waals surface area contributed by atoms with Gasteiger partial charge in [0.25, 0.3) is 5.91 Å². The van der Waals surface area contributed by atoms with Crippen LogP contribution in [0, 0.1) is 11.6 Å². The van der Waals surface area contributed by atoms with Crippen LogP contribution in [0.3, 0.4) is 0 Å². The van der Waals surface area contributed by atoms with E-state index in [1.54, 1.807) is 6.07 Å². The van der Waals surface area contributed by atoms with Gasteiger partial charge in [0.2, 0.25) is 0 Å². The second kappa shape index (κ2) is 5.16. The first-order valence-corrected chi connectivity index (χ1v) is 6.49. The normalized spacial score (nSPS) is 13.5. The molecule has 1 aliphatic heterocycles. The molecule has 1 amide bonds. The average Bonchev–Trinajstić information content (AvgIpc) is 2.79. The maximum Gasteiger partial charge on any atom is 0.258 e. The summed E-state index contributed by atoms with van der Waals surface area (Å²) in [6.45, 7) is 0.491. The molecule has 0 aliphatic carbocycles. The number of benzene rings is 2. The zero-order valence-electron chi connectivity index (χ0n) is 11.4. The van der Waals surface area contributed by atoms with Crippen molar-refractivity contribution in [1.82, 2.24) is 4.90 Å².